The molecule has 1 aromatic carbocycles. The lowest BCUT2D eigenvalue weighted by atomic mass is 10.1. The van der Waals surface area contributed by atoms with E-state index in [2.05, 4.69) is 28.4 Å². The van der Waals surface area contributed by atoms with Crippen LogP contribution in [-0.4, -0.2) is 43.9 Å². The lowest BCUT2D eigenvalue weighted by Gasteiger charge is -2.24. The van der Waals surface area contributed by atoms with E-state index in [9.17, 15) is 4.39 Å². The van der Waals surface area contributed by atoms with Gasteiger partial charge in [-0.1, -0.05) is 12.8 Å². The van der Waals surface area contributed by atoms with Gasteiger partial charge in [0, 0.05) is 24.7 Å². The molecule has 1 aliphatic carbocycles. The van der Waals surface area contributed by atoms with Crippen molar-refractivity contribution in [3.63, 3.8) is 0 Å². The van der Waals surface area contributed by atoms with Crippen LogP contribution < -0.4 is 0 Å². The fourth-order valence-corrected chi connectivity index (χ4v) is 4.35. The molecular weight excluding hydrogens is 389 g/mol. The molecule has 156 valence electrons. The molecule has 0 atom stereocenters. The van der Waals surface area contributed by atoms with Gasteiger partial charge in [-0.3, -0.25) is 0 Å². The van der Waals surface area contributed by atoms with Crippen molar-refractivity contribution in [1.29, 1.82) is 0 Å². The van der Waals surface area contributed by atoms with Gasteiger partial charge in [0.05, 0.1) is 35.3 Å². The standard InChI is InChI=1S/C22H28FN5.ClH/c1-16-22(17(2)28(25-16)20-10-8-18(23)9-11-20)21-14-24-15-27(21)13-12-26(3)19-6-4-5-7-19;/h8-11,14-15,19H,4-7,12-13H2,1-3H3;1H. The fourth-order valence-electron chi connectivity index (χ4n) is 4.35. The van der Waals surface area contributed by atoms with Crippen molar-refractivity contribution in [3.05, 3.63) is 54.0 Å². The van der Waals surface area contributed by atoms with Gasteiger partial charge in [0.15, 0.2) is 0 Å². The quantitative estimate of drug-likeness (QED) is 0.579. The molecule has 1 aliphatic rings. The minimum atomic E-state index is -0.241. The molecule has 3 aromatic rings. The predicted octanol–water partition coefficient (Wildman–Crippen LogP) is 4.79. The molecule has 5 nitrogen and oxygen atoms in total. The van der Waals surface area contributed by atoms with Crippen LogP contribution in [0.1, 0.15) is 37.1 Å². The summed E-state index contributed by atoms with van der Waals surface area (Å²) in [6, 6.07) is 7.17. The first-order chi connectivity index (χ1) is 13.5. The highest BCUT2D eigenvalue weighted by Crippen LogP contribution is 2.29. The lowest BCUT2D eigenvalue weighted by Crippen LogP contribution is -2.32. The van der Waals surface area contributed by atoms with Gasteiger partial charge in [0.2, 0.25) is 0 Å². The molecule has 1 saturated carbocycles. The molecule has 7 heteroatoms. The van der Waals surface area contributed by atoms with Gasteiger partial charge < -0.3 is 9.47 Å². The maximum atomic E-state index is 13.3. The number of likely N-dealkylation sites (N-methyl/N-ethyl adjacent to an activating group) is 1. The highest BCUT2D eigenvalue weighted by molar-refractivity contribution is 5.85. The Morgan fingerprint density at radius 2 is 1.83 bits per heavy atom. The summed E-state index contributed by atoms with van der Waals surface area (Å²) in [6.07, 6.45) is 9.16. The number of aryl methyl sites for hydroxylation is 1. The van der Waals surface area contributed by atoms with Crippen molar-refractivity contribution in [2.75, 3.05) is 13.6 Å². The molecule has 0 saturated heterocycles. The average Bonchev–Trinajstić information content (AvgIpc) is 3.42. The third-order valence-electron chi connectivity index (χ3n) is 5.97. The molecule has 0 amide bonds. The number of rotatable bonds is 6. The summed E-state index contributed by atoms with van der Waals surface area (Å²) in [6.45, 7) is 5.99. The van der Waals surface area contributed by atoms with Crippen LogP contribution in [0, 0.1) is 19.7 Å². The van der Waals surface area contributed by atoms with E-state index in [4.69, 9.17) is 5.10 Å². The number of aromatic nitrogens is 4. The molecule has 0 bridgehead atoms. The molecule has 0 N–H and O–H groups in total. The summed E-state index contributed by atoms with van der Waals surface area (Å²) in [7, 11) is 2.23. The van der Waals surface area contributed by atoms with Gasteiger partial charge >= 0.3 is 0 Å². The van der Waals surface area contributed by atoms with Gasteiger partial charge in [0.25, 0.3) is 0 Å². The minimum absolute atomic E-state index is 0. The van der Waals surface area contributed by atoms with Gasteiger partial charge in [-0.25, -0.2) is 14.1 Å². The Balaban J connectivity index is 0.00000240. The second kappa shape index (κ2) is 9.09. The van der Waals surface area contributed by atoms with Crippen molar-refractivity contribution in [2.24, 2.45) is 0 Å². The van der Waals surface area contributed by atoms with E-state index in [1.54, 1.807) is 12.1 Å². The Morgan fingerprint density at radius 1 is 1.14 bits per heavy atom. The summed E-state index contributed by atoms with van der Waals surface area (Å²) in [5.41, 5.74) is 5.04. The smallest absolute Gasteiger partial charge is 0.123 e. The number of halogens is 2. The minimum Gasteiger partial charge on any atom is -0.329 e. The van der Waals surface area contributed by atoms with E-state index in [0.29, 0.717) is 0 Å². The van der Waals surface area contributed by atoms with Gasteiger partial charge in [-0.05, 0) is 58.0 Å². The third kappa shape index (κ3) is 4.38. The van der Waals surface area contributed by atoms with Crippen LogP contribution in [0.5, 0.6) is 0 Å². The highest BCUT2D eigenvalue weighted by Gasteiger charge is 2.21. The molecule has 0 unspecified atom stereocenters. The Hall–Kier alpha value is -2.18. The second-order valence-corrected chi connectivity index (χ2v) is 7.83. The first kappa shape index (κ1) is 21.5. The SMILES string of the molecule is Cc1nn(-c2ccc(F)cc2)c(C)c1-c1cncn1CCN(C)C1CCCC1.Cl. The summed E-state index contributed by atoms with van der Waals surface area (Å²) in [5, 5.41) is 4.71. The molecule has 0 radical (unpaired) electrons. The molecule has 0 spiro atoms. The molecule has 1 fully saturated rings. The van der Waals surface area contributed by atoms with Gasteiger partial charge in [-0.2, -0.15) is 5.10 Å². The maximum absolute atomic E-state index is 13.3. The average molecular weight is 418 g/mol. The van der Waals surface area contributed by atoms with Crippen LogP contribution in [0.2, 0.25) is 0 Å². The van der Waals surface area contributed by atoms with Crippen molar-refractivity contribution in [1.82, 2.24) is 24.2 Å². The molecule has 4 rings (SSSR count). The number of benzene rings is 1. The molecule has 29 heavy (non-hydrogen) atoms. The van der Waals surface area contributed by atoms with Crippen LogP contribution >= 0.6 is 12.4 Å². The van der Waals surface area contributed by atoms with Crippen LogP contribution in [0.3, 0.4) is 0 Å². The van der Waals surface area contributed by atoms with E-state index < -0.39 is 0 Å². The monoisotopic (exact) mass is 417 g/mol. The topological polar surface area (TPSA) is 38.9 Å². The van der Waals surface area contributed by atoms with E-state index in [0.717, 1.165) is 47.5 Å². The van der Waals surface area contributed by atoms with Crippen LogP contribution in [0.25, 0.3) is 16.9 Å². The van der Waals surface area contributed by atoms with Crippen LogP contribution in [-0.2, 0) is 6.54 Å². The van der Waals surface area contributed by atoms with Crippen molar-refractivity contribution in [3.8, 4) is 16.9 Å². The first-order valence-corrected chi connectivity index (χ1v) is 10.1. The third-order valence-corrected chi connectivity index (χ3v) is 5.97. The largest absolute Gasteiger partial charge is 0.329 e. The highest BCUT2D eigenvalue weighted by atomic mass is 35.5. The Labute approximate surface area is 178 Å². The van der Waals surface area contributed by atoms with E-state index in [1.165, 1.54) is 37.8 Å². The fraction of sp³-hybridized carbons (Fsp3) is 0.455. The first-order valence-electron chi connectivity index (χ1n) is 10.1. The number of hydrogen-bond acceptors (Lipinski definition) is 3. The summed E-state index contributed by atoms with van der Waals surface area (Å²) in [5.74, 6) is -0.241. The van der Waals surface area contributed by atoms with E-state index in [1.807, 2.05) is 24.1 Å². The molecular formula is C22H29ClFN5. The van der Waals surface area contributed by atoms with Crippen LogP contribution in [0.15, 0.2) is 36.8 Å². The normalized spacial score (nSPS) is 14.5. The summed E-state index contributed by atoms with van der Waals surface area (Å²) < 4.78 is 17.4. The van der Waals surface area contributed by atoms with Crippen molar-refractivity contribution >= 4 is 12.4 Å². The summed E-state index contributed by atoms with van der Waals surface area (Å²) in [4.78, 5) is 6.89. The Morgan fingerprint density at radius 3 is 2.52 bits per heavy atom. The van der Waals surface area contributed by atoms with Crippen molar-refractivity contribution in [2.45, 2.75) is 52.1 Å². The predicted molar refractivity (Wildman–Crippen MR) is 116 cm³/mol. The Bertz CT molecular complexity index is 941. The zero-order valence-corrected chi connectivity index (χ0v) is 18.1. The number of imidazole rings is 1. The molecule has 0 aliphatic heterocycles. The van der Waals surface area contributed by atoms with Gasteiger partial charge in [0.1, 0.15) is 5.82 Å². The zero-order chi connectivity index (χ0) is 19.7. The van der Waals surface area contributed by atoms with Crippen molar-refractivity contribution < 1.29 is 4.39 Å². The maximum Gasteiger partial charge on any atom is 0.123 e. The zero-order valence-electron chi connectivity index (χ0n) is 17.3. The van der Waals surface area contributed by atoms with E-state index in [-0.39, 0.29) is 18.2 Å². The number of nitrogens with zero attached hydrogens (tertiary/aromatic N) is 5. The van der Waals surface area contributed by atoms with Crippen LogP contribution in [0.4, 0.5) is 4.39 Å². The second-order valence-electron chi connectivity index (χ2n) is 7.83. The number of hydrogen-bond donors (Lipinski definition) is 0. The van der Waals surface area contributed by atoms with E-state index >= 15 is 0 Å². The summed E-state index contributed by atoms with van der Waals surface area (Å²) >= 11 is 0. The molecule has 2 aromatic heterocycles. The Kier molecular flexibility index (Phi) is 6.75. The molecule has 2 heterocycles. The lowest BCUT2D eigenvalue weighted by molar-refractivity contribution is 0.237. The van der Waals surface area contributed by atoms with Gasteiger partial charge in [-0.15, -0.1) is 12.4 Å².